The van der Waals surface area contributed by atoms with Crippen LogP contribution in [0.1, 0.15) is 17.7 Å². The van der Waals surface area contributed by atoms with Gasteiger partial charge in [-0.15, -0.1) is 11.3 Å². The largest absolute Gasteiger partial charge is 0.378 e. The number of morpholine rings is 1. The first-order chi connectivity index (χ1) is 19.4. The number of nitrogens with zero attached hydrogens (tertiary/aromatic N) is 6. The van der Waals surface area contributed by atoms with Crippen LogP contribution in [0.2, 0.25) is 0 Å². The van der Waals surface area contributed by atoms with Crippen LogP contribution in [0.15, 0.2) is 35.4 Å². The minimum Gasteiger partial charge on any atom is -0.378 e. The molecule has 0 unspecified atom stereocenters. The van der Waals surface area contributed by atoms with Crippen molar-refractivity contribution in [1.82, 2.24) is 29.1 Å². The fraction of sp³-hybridized carbons (Fsp3) is 0.500. The van der Waals surface area contributed by atoms with E-state index in [2.05, 4.69) is 25.8 Å². The van der Waals surface area contributed by atoms with Gasteiger partial charge < -0.3 is 14.6 Å². The normalized spacial score (nSPS) is 19.8. The summed E-state index contributed by atoms with van der Waals surface area (Å²) in [6, 6.07) is 8.38. The fourth-order valence-electron chi connectivity index (χ4n) is 5.78. The summed E-state index contributed by atoms with van der Waals surface area (Å²) in [5.74, 6) is 1.44. The van der Waals surface area contributed by atoms with Gasteiger partial charge in [0.15, 0.2) is 11.6 Å². The van der Waals surface area contributed by atoms with Crippen molar-refractivity contribution in [3.63, 3.8) is 0 Å². The molecular formula is C28H35N7O3S2. The first kappa shape index (κ1) is 26.3. The number of rotatable bonds is 7. The SMILES string of the molecule is CN(C)S(=O)(=O)c1cc(-c2nc(N3CCOCC3)c3sc(CN4CCN(C5CC5)CC4)cc3n2)c2cc[nH]c2c1. The summed E-state index contributed by atoms with van der Waals surface area (Å²) in [7, 11) is -0.549. The van der Waals surface area contributed by atoms with Crippen molar-refractivity contribution >= 4 is 48.3 Å². The second kappa shape index (κ2) is 10.3. The fourth-order valence-corrected chi connectivity index (χ4v) is 7.89. The number of sulfonamides is 1. The van der Waals surface area contributed by atoms with Crippen molar-refractivity contribution in [2.75, 3.05) is 71.5 Å². The molecule has 10 nitrogen and oxygen atoms in total. The predicted molar refractivity (Wildman–Crippen MR) is 158 cm³/mol. The summed E-state index contributed by atoms with van der Waals surface area (Å²) >= 11 is 1.78. The van der Waals surface area contributed by atoms with Crippen LogP contribution in [0.3, 0.4) is 0 Å². The van der Waals surface area contributed by atoms with Crippen LogP contribution in [-0.4, -0.2) is 110 Å². The second-order valence-electron chi connectivity index (χ2n) is 11.1. The molecule has 4 aromatic rings. The molecule has 2 aliphatic heterocycles. The van der Waals surface area contributed by atoms with E-state index in [0.29, 0.717) is 24.6 Å². The molecule has 0 atom stereocenters. The third kappa shape index (κ3) is 4.90. The van der Waals surface area contributed by atoms with E-state index in [1.54, 1.807) is 37.6 Å². The van der Waals surface area contributed by atoms with Crippen LogP contribution in [0.25, 0.3) is 32.5 Å². The minimum atomic E-state index is -3.64. The topological polar surface area (TPSA) is 97.9 Å². The first-order valence-electron chi connectivity index (χ1n) is 14.0. The van der Waals surface area contributed by atoms with Crippen LogP contribution in [0.4, 0.5) is 5.82 Å². The first-order valence-corrected chi connectivity index (χ1v) is 16.3. The number of anilines is 1. The van der Waals surface area contributed by atoms with Crippen molar-refractivity contribution in [3.05, 3.63) is 35.3 Å². The number of hydrogen-bond acceptors (Lipinski definition) is 9. The Bertz CT molecular complexity index is 1650. The van der Waals surface area contributed by atoms with Crippen molar-refractivity contribution in [1.29, 1.82) is 0 Å². The van der Waals surface area contributed by atoms with Crippen LogP contribution < -0.4 is 4.90 Å². The molecule has 40 heavy (non-hydrogen) atoms. The summed E-state index contributed by atoms with van der Waals surface area (Å²) < 4.78 is 34.2. The number of fused-ring (bicyclic) bond motifs is 2. The summed E-state index contributed by atoms with van der Waals surface area (Å²) in [5, 5.41) is 0.897. The molecule has 0 radical (unpaired) electrons. The molecule has 1 N–H and O–H groups in total. The number of aromatic nitrogens is 3. The van der Waals surface area contributed by atoms with Crippen LogP contribution in [0.5, 0.6) is 0 Å². The standard InChI is InChI=1S/C28H35N7O3S2/c1-32(2)40(36,37)21-16-23(22-5-6-29-24(22)17-21)27-30-25-15-20(18-33-7-9-34(10-8-33)19-3-4-19)39-26(25)28(31-27)35-11-13-38-14-12-35/h5-6,15-17,19,29H,3-4,7-14,18H2,1-2H3. The third-order valence-corrected chi connectivity index (χ3v) is 11.1. The lowest BCUT2D eigenvalue weighted by molar-refractivity contribution is 0.122. The Morgan fingerprint density at radius 1 is 1.05 bits per heavy atom. The van der Waals surface area contributed by atoms with E-state index < -0.39 is 10.0 Å². The monoisotopic (exact) mass is 581 g/mol. The minimum absolute atomic E-state index is 0.218. The molecule has 3 fully saturated rings. The van der Waals surface area contributed by atoms with Crippen LogP contribution in [-0.2, 0) is 21.3 Å². The Morgan fingerprint density at radius 2 is 1.82 bits per heavy atom. The zero-order valence-corrected chi connectivity index (χ0v) is 24.6. The molecule has 1 aromatic carbocycles. The number of benzene rings is 1. The summed E-state index contributed by atoms with van der Waals surface area (Å²) in [6.07, 6.45) is 4.55. The Hall–Kier alpha value is -2.61. The highest BCUT2D eigenvalue weighted by Gasteiger charge is 2.31. The van der Waals surface area contributed by atoms with E-state index in [4.69, 9.17) is 14.7 Å². The number of hydrogen-bond donors (Lipinski definition) is 1. The molecule has 3 aromatic heterocycles. The van der Waals surface area contributed by atoms with Gasteiger partial charge in [-0.1, -0.05) is 0 Å². The molecule has 7 rings (SSSR count). The van der Waals surface area contributed by atoms with Gasteiger partial charge in [0, 0.05) is 93.5 Å². The van der Waals surface area contributed by atoms with E-state index in [-0.39, 0.29) is 4.90 Å². The maximum absolute atomic E-state index is 13.1. The van der Waals surface area contributed by atoms with Gasteiger partial charge >= 0.3 is 0 Å². The van der Waals surface area contributed by atoms with Gasteiger partial charge in [-0.25, -0.2) is 22.7 Å². The molecule has 0 amide bonds. The van der Waals surface area contributed by atoms with Gasteiger partial charge in [0.2, 0.25) is 10.0 Å². The average Bonchev–Trinajstić information content (AvgIpc) is 3.56. The van der Waals surface area contributed by atoms with Gasteiger partial charge in [-0.05, 0) is 37.1 Å². The number of thiophene rings is 1. The highest BCUT2D eigenvalue weighted by molar-refractivity contribution is 7.89. The molecule has 1 saturated carbocycles. The van der Waals surface area contributed by atoms with E-state index in [0.717, 1.165) is 78.8 Å². The van der Waals surface area contributed by atoms with E-state index >= 15 is 0 Å². The number of nitrogens with one attached hydrogen (secondary N) is 1. The number of ether oxygens (including phenoxy) is 1. The quantitative estimate of drug-likeness (QED) is 0.356. The van der Waals surface area contributed by atoms with Crippen molar-refractivity contribution in [2.24, 2.45) is 0 Å². The van der Waals surface area contributed by atoms with Gasteiger partial charge in [0.05, 0.1) is 28.3 Å². The molecule has 2 saturated heterocycles. The zero-order chi connectivity index (χ0) is 27.4. The zero-order valence-electron chi connectivity index (χ0n) is 23.0. The van der Waals surface area contributed by atoms with E-state index in [1.165, 1.54) is 22.0 Å². The highest BCUT2D eigenvalue weighted by atomic mass is 32.2. The molecule has 12 heteroatoms. The van der Waals surface area contributed by atoms with E-state index in [9.17, 15) is 8.42 Å². The predicted octanol–water partition coefficient (Wildman–Crippen LogP) is 3.21. The Balaban J connectivity index is 1.30. The lowest BCUT2D eigenvalue weighted by Crippen LogP contribution is -2.46. The molecule has 3 aliphatic rings. The molecule has 5 heterocycles. The summed E-state index contributed by atoms with van der Waals surface area (Å²) in [5.41, 5.74) is 2.36. The maximum atomic E-state index is 13.1. The maximum Gasteiger partial charge on any atom is 0.242 e. The Kier molecular flexibility index (Phi) is 6.80. The number of H-pyrrole nitrogens is 1. The van der Waals surface area contributed by atoms with Crippen LogP contribution in [0, 0.1) is 0 Å². The number of aromatic amines is 1. The van der Waals surface area contributed by atoms with E-state index in [1.807, 2.05) is 12.3 Å². The molecule has 0 spiro atoms. The van der Waals surface area contributed by atoms with Crippen molar-refractivity contribution in [2.45, 2.75) is 30.3 Å². The average molecular weight is 582 g/mol. The van der Waals surface area contributed by atoms with Crippen molar-refractivity contribution < 1.29 is 13.2 Å². The Morgan fingerprint density at radius 3 is 2.55 bits per heavy atom. The lowest BCUT2D eigenvalue weighted by atomic mass is 10.1. The van der Waals surface area contributed by atoms with Gasteiger partial charge in [0.1, 0.15) is 0 Å². The number of piperazine rings is 1. The lowest BCUT2D eigenvalue weighted by Gasteiger charge is -2.34. The second-order valence-corrected chi connectivity index (χ2v) is 14.4. The summed E-state index contributed by atoms with van der Waals surface area (Å²) in [6.45, 7) is 8.23. The van der Waals surface area contributed by atoms with Gasteiger partial charge in [-0.2, -0.15) is 0 Å². The summed E-state index contributed by atoms with van der Waals surface area (Å²) in [4.78, 5) is 22.3. The molecule has 0 bridgehead atoms. The molecule has 1 aliphatic carbocycles. The molecular weight excluding hydrogens is 546 g/mol. The third-order valence-electron chi connectivity index (χ3n) is 8.23. The van der Waals surface area contributed by atoms with Crippen molar-refractivity contribution in [3.8, 4) is 11.4 Å². The smallest absolute Gasteiger partial charge is 0.242 e. The highest BCUT2D eigenvalue weighted by Crippen LogP contribution is 2.38. The Labute approximate surface area is 238 Å². The van der Waals surface area contributed by atoms with Gasteiger partial charge in [0.25, 0.3) is 0 Å². The van der Waals surface area contributed by atoms with Crippen LogP contribution >= 0.6 is 11.3 Å². The van der Waals surface area contributed by atoms with Gasteiger partial charge in [-0.3, -0.25) is 9.80 Å². The molecule has 212 valence electrons.